The summed E-state index contributed by atoms with van der Waals surface area (Å²) in [5.41, 5.74) is 5.27. The Balaban J connectivity index is 1.72. The molecule has 2 aromatic heterocycles. The minimum absolute atomic E-state index is 0.167. The number of amides is 1. The molecule has 26 heavy (non-hydrogen) atoms. The SMILES string of the molecule is Cn1cc(Nc2nccc(NCc3c(F)cc(C(N)=O)cc3F)n2)cn1. The van der Waals surface area contributed by atoms with E-state index in [1.165, 1.54) is 6.20 Å². The molecule has 0 aliphatic heterocycles. The predicted molar refractivity (Wildman–Crippen MR) is 90.7 cm³/mol. The van der Waals surface area contributed by atoms with Crippen molar-refractivity contribution in [2.45, 2.75) is 6.54 Å². The van der Waals surface area contributed by atoms with Crippen LogP contribution in [0.2, 0.25) is 0 Å². The zero-order valence-corrected chi connectivity index (χ0v) is 13.7. The fraction of sp³-hybridized carbons (Fsp3) is 0.125. The molecular weight excluding hydrogens is 344 g/mol. The lowest BCUT2D eigenvalue weighted by Gasteiger charge is -2.10. The molecule has 3 rings (SSSR count). The summed E-state index contributed by atoms with van der Waals surface area (Å²) in [6.45, 7) is -0.167. The fourth-order valence-corrected chi connectivity index (χ4v) is 2.23. The molecule has 134 valence electrons. The highest BCUT2D eigenvalue weighted by Gasteiger charge is 2.14. The van der Waals surface area contributed by atoms with Gasteiger partial charge in [0.1, 0.15) is 17.5 Å². The molecule has 2 heterocycles. The van der Waals surface area contributed by atoms with Crippen LogP contribution in [0.1, 0.15) is 15.9 Å². The van der Waals surface area contributed by atoms with Gasteiger partial charge < -0.3 is 16.4 Å². The molecule has 0 aliphatic carbocycles. The number of halogens is 2. The molecule has 8 nitrogen and oxygen atoms in total. The third-order valence-electron chi connectivity index (χ3n) is 3.49. The molecule has 0 saturated heterocycles. The second-order valence-electron chi connectivity index (χ2n) is 5.43. The Bertz CT molecular complexity index is 934. The fourth-order valence-electron chi connectivity index (χ4n) is 2.23. The lowest BCUT2D eigenvalue weighted by Crippen LogP contribution is -2.14. The molecule has 1 amide bonds. The van der Waals surface area contributed by atoms with Crippen LogP contribution >= 0.6 is 0 Å². The van der Waals surface area contributed by atoms with Crippen LogP contribution in [-0.4, -0.2) is 25.7 Å². The van der Waals surface area contributed by atoms with E-state index in [4.69, 9.17) is 5.73 Å². The molecule has 0 radical (unpaired) electrons. The Morgan fingerprint density at radius 2 is 2.04 bits per heavy atom. The molecule has 0 fully saturated rings. The van der Waals surface area contributed by atoms with E-state index in [0.717, 1.165) is 12.1 Å². The zero-order chi connectivity index (χ0) is 18.7. The molecule has 0 aliphatic rings. The van der Waals surface area contributed by atoms with Gasteiger partial charge in [-0.2, -0.15) is 10.1 Å². The summed E-state index contributed by atoms with van der Waals surface area (Å²) in [6, 6.07) is 3.36. The predicted octanol–water partition coefficient (Wildman–Crippen LogP) is 1.94. The van der Waals surface area contributed by atoms with Gasteiger partial charge in [-0.3, -0.25) is 9.48 Å². The molecule has 0 saturated carbocycles. The molecule has 1 aromatic carbocycles. The quantitative estimate of drug-likeness (QED) is 0.620. The molecule has 0 spiro atoms. The van der Waals surface area contributed by atoms with E-state index in [2.05, 4.69) is 25.7 Å². The van der Waals surface area contributed by atoms with Crippen LogP contribution in [0, 0.1) is 11.6 Å². The first-order chi connectivity index (χ1) is 12.4. The number of nitrogens with zero attached hydrogens (tertiary/aromatic N) is 4. The maximum atomic E-state index is 14.0. The first-order valence-corrected chi connectivity index (χ1v) is 7.52. The number of nitrogens with one attached hydrogen (secondary N) is 2. The number of carbonyl (C=O) groups excluding carboxylic acids is 1. The number of carbonyl (C=O) groups is 1. The van der Waals surface area contributed by atoms with E-state index < -0.39 is 17.5 Å². The molecule has 10 heteroatoms. The van der Waals surface area contributed by atoms with Crippen molar-refractivity contribution in [1.82, 2.24) is 19.7 Å². The van der Waals surface area contributed by atoms with Crippen molar-refractivity contribution in [3.05, 3.63) is 59.6 Å². The number of aryl methyl sites for hydroxylation is 1. The van der Waals surface area contributed by atoms with Crippen molar-refractivity contribution in [3.63, 3.8) is 0 Å². The first kappa shape index (κ1) is 17.3. The van der Waals surface area contributed by atoms with Crippen molar-refractivity contribution in [2.24, 2.45) is 12.8 Å². The highest BCUT2D eigenvalue weighted by molar-refractivity contribution is 5.92. The minimum Gasteiger partial charge on any atom is -0.366 e. The number of hydrogen-bond donors (Lipinski definition) is 3. The first-order valence-electron chi connectivity index (χ1n) is 7.52. The van der Waals surface area contributed by atoms with Gasteiger partial charge in [-0.25, -0.2) is 13.8 Å². The molecule has 0 bridgehead atoms. The Kier molecular flexibility index (Phi) is 4.74. The highest BCUT2D eigenvalue weighted by atomic mass is 19.1. The Labute approximate surface area is 147 Å². The molecule has 3 aromatic rings. The van der Waals surface area contributed by atoms with Gasteiger partial charge >= 0.3 is 0 Å². The number of nitrogens with two attached hydrogens (primary N) is 1. The van der Waals surface area contributed by atoms with Gasteiger partial charge in [0.15, 0.2) is 0 Å². The summed E-state index contributed by atoms with van der Waals surface area (Å²) in [6.07, 6.45) is 4.85. The van der Waals surface area contributed by atoms with Crippen molar-refractivity contribution in [3.8, 4) is 0 Å². The lowest BCUT2D eigenvalue weighted by molar-refractivity contribution is 0.0999. The lowest BCUT2D eigenvalue weighted by atomic mass is 10.1. The molecule has 4 N–H and O–H groups in total. The number of primary amides is 1. The van der Waals surface area contributed by atoms with Crippen LogP contribution in [-0.2, 0) is 13.6 Å². The van der Waals surface area contributed by atoms with Crippen LogP contribution in [0.15, 0.2) is 36.8 Å². The average molecular weight is 359 g/mol. The number of hydrogen-bond acceptors (Lipinski definition) is 6. The van der Waals surface area contributed by atoms with Crippen LogP contribution in [0.4, 0.5) is 26.2 Å². The second kappa shape index (κ2) is 7.13. The zero-order valence-electron chi connectivity index (χ0n) is 13.7. The Hall–Kier alpha value is -3.56. The van der Waals surface area contributed by atoms with E-state index in [0.29, 0.717) is 17.5 Å². The van der Waals surface area contributed by atoms with E-state index in [1.807, 2.05) is 0 Å². The summed E-state index contributed by atoms with van der Waals surface area (Å²) in [5.74, 6) is -1.97. The number of rotatable bonds is 6. The van der Waals surface area contributed by atoms with Crippen LogP contribution in [0.3, 0.4) is 0 Å². The maximum absolute atomic E-state index is 14.0. The summed E-state index contributed by atoms with van der Waals surface area (Å²) < 4.78 is 29.6. The van der Waals surface area contributed by atoms with E-state index in [1.54, 1.807) is 30.2 Å². The van der Waals surface area contributed by atoms with Gasteiger partial charge in [0.2, 0.25) is 11.9 Å². The van der Waals surface area contributed by atoms with Crippen molar-refractivity contribution in [2.75, 3.05) is 10.6 Å². The van der Waals surface area contributed by atoms with Gasteiger partial charge in [-0.1, -0.05) is 0 Å². The van der Waals surface area contributed by atoms with Gasteiger partial charge in [0, 0.05) is 37.1 Å². The third kappa shape index (κ3) is 3.91. The van der Waals surface area contributed by atoms with E-state index in [9.17, 15) is 13.6 Å². The second-order valence-corrected chi connectivity index (χ2v) is 5.43. The number of anilines is 3. The summed E-state index contributed by atoms with van der Waals surface area (Å²) in [7, 11) is 1.77. The molecular formula is C16H15F2N7O. The molecule has 0 atom stereocenters. The minimum atomic E-state index is -0.899. The van der Waals surface area contributed by atoms with Gasteiger partial charge in [-0.15, -0.1) is 0 Å². The van der Waals surface area contributed by atoms with E-state index in [-0.39, 0.29) is 17.7 Å². The van der Waals surface area contributed by atoms with Gasteiger partial charge in [0.25, 0.3) is 0 Å². The summed E-state index contributed by atoms with van der Waals surface area (Å²) in [5, 5.41) is 9.79. The van der Waals surface area contributed by atoms with Crippen molar-refractivity contribution < 1.29 is 13.6 Å². The van der Waals surface area contributed by atoms with Crippen LogP contribution in [0.5, 0.6) is 0 Å². The summed E-state index contributed by atoms with van der Waals surface area (Å²) in [4.78, 5) is 19.3. The van der Waals surface area contributed by atoms with Crippen molar-refractivity contribution >= 4 is 23.4 Å². The van der Waals surface area contributed by atoms with Gasteiger partial charge in [-0.05, 0) is 18.2 Å². The maximum Gasteiger partial charge on any atom is 0.248 e. The van der Waals surface area contributed by atoms with Crippen LogP contribution < -0.4 is 16.4 Å². The standard InChI is InChI=1S/C16H15F2N7O/c1-25-8-10(6-22-25)23-16-20-3-2-14(24-16)21-7-11-12(17)4-9(15(19)26)5-13(11)18/h2-6,8H,7H2,1H3,(H2,19,26)(H2,20,21,23,24). The van der Waals surface area contributed by atoms with E-state index >= 15 is 0 Å². The normalized spacial score (nSPS) is 10.6. The average Bonchev–Trinajstić information content (AvgIpc) is 2.99. The smallest absolute Gasteiger partial charge is 0.248 e. The largest absolute Gasteiger partial charge is 0.366 e. The Morgan fingerprint density at radius 1 is 1.31 bits per heavy atom. The number of aromatic nitrogens is 4. The topological polar surface area (TPSA) is 111 Å². The van der Waals surface area contributed by atoms with Crippen LogP contribution in [0.25, 0.3) is 0 Å². The van der Waals surface area contributed by atoms with Crippen molar-refractivity contribution in [1.29, 1.82) is 0 Å². The number of benzene rings is 1. The van der Waals surface area contributed by atoms with Gasteiger partial charge in [0.05, 0.1) is 11.9 Å². The summed E-state index contributed by atoms with van der Waals surface area (Å²) >= 11 is 0. The Morgan fingerprint density at radius 3 is 2.65 bits per heavy atom. The monoisotopic (exact) mass is 359 g/mol. The highest BCUT2D eigenvalue weighted by Crippen LogP contribution is 2.18. The third-order valence-corrected chi connectivity index (χ3v) is 3.49. The molecule has 0 unspecified atom stereocenters.